The van der Waals surface area contributed by atoms with Crippen molar-refractivity contribution < 1.29 is 9.53 Å². The Labute approximate surface area is 141 Å². The van der Waals surface area contributed by atoms with E-state index >= 15 is 0 Å². The SMILES string of the molecule is Cc1cc(Br)cc(CN2CCN(C(=O)OC(C)(C)C)CC2)c1. The predicted octanol–water partition coefficient (Wildman–Crippen LogP) is 3.81. The molecule has 1 aromatic carbocycles. The summed E-state index contributed by atoms with van der Waals surface area (Å²) in [5.41, 5.74) is 2.14. The molecule has 1 aliphatic heterocycles. The lowest BCUT2D eigenvalue weighted by molar-refractivity contribution is 0.0139. The summed E-state index contributed by atoms with van der Waals surface area (Å²) >= 11 is 3.55. The average Bonchev–Trinajstić information content (AvgIpc) is 2.36. The lowest BCUT2D eigenvalue weighted by Crippen LogP contribution is -2.49. The summed E-state index contributed by atoms with van der Waals surface area (Å²) in [6.07, 6.45) is -0.203. The number of nitrogens with zero attached hydrogens (tertiary/aromatic N) is 2. The molecule has 0 bridgehead atoms. The maximum absolute atomic E-state index is 12.0. The summed E-state index contributed by atoms with van der Waals surface area (Å²) in [4.78, 5) is 16.2. The lowest BCUT2D eigenvalue weighted by atomic mass is 10.1. The molecule has 1 aromatic rings. The highest BCUT2D eigenvalue weighted by Gasteiger charge is 2.25. The third-order valence-corrected chi connectivity index (χ3v) is 3.99. The molecule has 122 valence electrons. The second-order valence-electron chi connectivity index (χ2n) is 6.88. The minimum Gasteiger partial charge on any atom is -0.444 e. The van der Waals surface area contributed by atoms with Crippen LogP contribution in [0, 0.1) is 6.92 Å². The smallest absolute Gasteiger partial charge is 0.410 e. The quantitative estimate of drug-likeness (QED) is 0.795. The van der Waals surface area contributed by atoms with Gasteiger partial charge in [-0.1, -0.05) is 22.0 Å². The number of carbonyl (C=O) groups is 1. The van der Waals surface area contributed by atoms with Crippen LogP contribution in [0.2, 0.25) is 0 Å². The largest absolute Gasteiger partial charge is 0.444 e. The predicted molar refractivity (Wildman–Crippen MR) is 92.0 cm³/mol. The molecule has 0 N–H and O–H groups in total. The van der Waals surface area contributed by atoms with Crippen LogP contribution in [0.4, 0.5) is 4.79 Å². The Balaban J connectivity index is 1.86. The van der Waals surface area contributed by atoms with E-state index in [0.717, 1.165) is 37.2 Å². The number of hydrogen-bond acceptors (Lipinski definition) is 3. The zero-order valence-electron chi connectivity index (χ0n) is 13.9. The number of rotatable bonds is 2. The zero-order valence-corrected chi connectivity index (χ0v) is 15.4. The van der Waals surface area contributed by atoms with Gasteiger partial charge < -0.3 is 9.64 Å². The summed E-state index contributed by atoms with van der Waals surface area (Å²) in [7, 11) is 0. The van der Waals surface area contributed by atoms with Gasteiger partial charge >= 0.3 is 6.09 Å². The molecule has 1 fully saturated rings. The van der Waals surface area contributed by atoms with E-state index in [1.54, 1.807) is 4.90 Å². The van der Waals surface area contributed by atoms with Crippen LogP contribution in [-0.4, -0.2) is 47.7 Å². The van der Waals surface area contributed by atoms with Crippen molar-refractivity contribution in [3.8, 4) is 0 Å². The Kier molecular flexibility index (Phi) is 5.50. The Bertz CT molecular complexity index is 512. The van der Waals surface area contributed by atoms with Gasteiger partial charge in [-0.2, -0.15) is 0 Å². The third kappa shape index (κ3) is 5.29. The molecular formula is C17H25BrN2O2. The topological polar surface area (TPSA) is 32.8 Å². The minimum atomic E-state index is -0.429. The molecule has 1 saturated heterocycles. The van der Waals surface area contributed by atoms with E-state index in [9.17, 15) is 4.79 Å². The number of piperazine rings is 1. The highest BCUT2D eigenvalue weighted by Crippen LogP contribution is 2.18. The van der Waals surface area contributed by atoms with Gasteiger partial charge in [0.25, 0.3) is 0 Å². The van der Waals surface area contributed by atoms with E-state index in [0.29, 0.717) is 0 Å². The molecule has 1 aliphatic rings. The number of hydrogen-bond donors (Lipinski definition) is 0. The molecule has 5 heteroatoms. The molecule has 0 radical (unpaired) electrons. The minimum absolute atomic E-state index is 0.203. The standard InChI is InChI=1S/C17H25BrN2O2/c1-13-9-14(11-15(18)10-13)12-19-5-7-20(8-6-19)16(21)22-17(2,3)4/h9-11H,5-8,12H2,1-4H3. The Morgan fingerprint density at radius 1 is 1.18 bits per heavy atom. The highest BCUT2D eigenvalue weighted by atomic mass is 79.9. The van der Waals surface area contributed by atoms with Gasteiger partial charge in [0.15, 0.2) is 0 Å². The van der Waals surface area contributed by atoms with Crippen molar-refractivity contribution in [3.05, 3.63) is 33.8 Å². The van der Waals surface area contributed by atoms with Crippen LogP contribution in [0.5, 0.6) is 0 Å². The summed E-state index contributed by atoms with van der Waals surface area (Å²) < 4.78 is 6.54. The van der Waals surface area contributed by atoms with Crippen molar-refractivity contribution in [2.45, 2.75) is 39.8 Å². The molecular weight excluding hydrogens is 344 g/mol. The second-order valence-corrected chi connectivity index (χ2v) is 7.80. The first-order valence-electron chi connectivity index (χ1n) is 7.69. The number of carbonyl (C=O) groups excluding carboxylic acids is 1. The van der Waals surface area contributed by atoms with E-state index in [4.69, 9.17) is 4.74 Å². The molecule has 0 aromatic heterocycles. The molecule has 0 saturated carbocycles. The van der Waals surface area contributed by atoms with Crippen LogP contribution in [0.25, 0.3) is 0 Å². The fraction of sp³-hybridized carbons (Fsp3) is 0.588. The molecule has 22 heavy (non-hydrogen) atoms. The second kappa shape index (κ2) is 7.01. The lowest BCUT2D eigenvalue weighted by Gasteiger charge is -2.35. The third-order valence-electron chi connectivity index (χ3n) is 3.53. The van der Waals surface area contributed by atoms with Crippen LogP contribution in [0.1, 0.15) is 31.9 Å². The van der Waals surface area contributed by atoms with Gasteiger partial charge in [-0.3, -0.25) is 4.90 Å². The van der Waals surface area contributed by atoms with Crippen molar-refractivity contribution in [1.29, 1.82) is 0 Å². The molecule has 0 atom stereocenters. The average molecular weight is 369 g/mol. The molecule has 1 amide bonds. The highest BCUT2D eigenvalue weighted by molar-refractivity contribution is 9.10. The van der Waals surface area contributed by atoms with E-state index in [1.165, 1.54) is 11.1 Å². The first-order valence-corrected chi connectivity index (χ1v) is 8.48. The van der Waals surface area contributed by atoms with E-state index in [-0.39, 0.29) is 6.09 Å². The molecule has 0 spiro atoms. The maximum Gasteiger partial charge on any atom is 0.410 e. The van der Waals surface area contributed by atoms with Crippen LogP contribution in [0.15, 0.2) is 22.7 Å². The fourth-order valence-electron chi connectivity index (χ4n) is 2.58. The summed E-state index contributed by atoms with van der Waals surface area (Å²) in [6, 6.07) is 6.49. The molecule has 0 unspecified atom stereocenters. The van der Waals surface area contributed by atoms with Crippen molar-refractivity contribution in [3.63, 3.8) is 0 Å². The Hall–Kier alpha value is -1.07. The van der Waals surface area contributed by atoms with Gasteiger partial charge in [0.2, 0.25) is 0 Å². The van der Waals surface area contributed by atoms with Gasteiger partial charge in [0.05, 0.1) is 0 Å². The Morgan fingerprint density at radius 2 is 1.82 bits per heavy atom. The fourth-order valence-corrected chi connectivity index (χ4v) is 3.23. The number of amides is 1. The summed E-state index contributed by atoms with van der Waals surface area (Å²) in [5.74, 6) is 0. The first-order chi connectivity index (χ1) is 10.2. The monoisotopic (exact) mass is 368 g/mol. The van der Waals surface area contributed by atoms with E-state index in [2.05, 4.69) is 46.0 Å². The zero-order chi connectivity index (χ0) is 16.3. The normalized spacial score (nSPS) is 16.7. The molecule has 4 nitrogen and oxygen atoms in total. The van der Waals surface area contributed by atoms with Crippen LogP contribution in [0.3, 0.4) is 0 Å². The van der Waals surface area contributed by atoms with Gasteiger partial charge in [-0.15, -0.1) is 0 Å². The van der Waals surface area contributed by atoms with Crippen LogP contribution in [-0.2, 0) is 11.3 Å². The number of halogens is 1. The van der Waals surface area contributed by atoms with Gasteiger partial charge in [0.1, 0.15) is 5.60 Å². The number of benzene rings is 1. The van der Waals surface area contributed by atoms with Gasteiger partial charge in [0, 0.05) is 37.2 Å². The summed E-state index contributed by atoms with van der Waals surface area (Å²) in [6.45, 7) is 11.9. The first kappa shape index (κ1) is 17.3. The summed E-state index contributed by atoms with van der Waals surface area (Å²) in [5, 5.41) is 0. The van der Waals surface area contributed by atoms with E-state index in [1.807, 2.05) is 20.8 Å². The van der Waals surface area contributed by atoms with Crippen molar-refractivity contribution >= 4 is 22.0 Å². The maximum atomic E-state index is 12.0. The van der Waals surface area contributed by atoms with Crippen molar-refractivity contribution in [1.82, 2.24) is 9.80 Å². The Morgan fingerprint density at radius 3 is 2.36 bits per heavy atom. The molecule has 2 rings (SSSR count). The number of ether oxygens (including phenoxy) is 1. The van der Waals surface area contributed by atoms with Crippen molar-refractivity contribution in [2.75, 3.05) is 26.2 Å². The van der Waals surface area contributed by atoms with Crippen molar-refractivity contribution in [2.24, 2.45) is 0 Å². The molecule has 0 aliphatic carbocycles. The van der Waals surface area contributed by atoms with E-state index < -0.39 is 5.60 Å². The number of aryl methyl sites for hydroxylation is 1. The van der Waals surface area contributed by atoms with Crippen LogP contribution >= 0.6 is 15.9 Å². The van der Waals surface area contributed by atoms with Gasteiger partial charge in [-0.05, 0) is 51.0 Å². The van der Waals surface area contributed by atoms with Crippen LogP contribution < -0.4 is 0 Å². The molecule has 1 heterocycles. The van der Waals surface area contributed by atoms with Gasteiger partial charge in [-0.25, -0.2) is 4.79 Å².